The second-order valence-electron chi connectivity index (χ2n) is 7.74. The second-order valence-corrected chi connectivity index (χ2v) is 7.74. The van der Waals surface area contributed by atoms with E-state index in [1.165, 1.54) is 0 Å². The molecule has 0 fully saturated rings. The van der Waals surface area contributed by atoms with E-state index in [-0.39, 0.29) is 23.9 Å². The summed E-state index contributed by atoms with van der Waals surface area (Å²) in [5, 5.41) is 20.9. The van der Waals surface area contributed by atoms with Crippen LogP contribution in [0.3, 0.4) is 0 Å². The van der Waals surface area contributed by atoms with Gasteiger partial charge in [0.1, 0.15) is 0 Å². The molecule has 1 heterocycles. The van der Waals surface area contributed by atoms with Crippen molar-refractivity contribution in [3.8, 4) is 0 Å². The zero-order valence-electron chi connectivity index (χ0n) is 19.4. The largest absolute Gasteiger partial charge is 0.379 e. The van der Waals surface area contributed by atoms with Gasteiger partial charge in [-0.3, -0.25) is 15.0 Å². The number of nitrogens with two attached hydrogens (primary N) is 2. The van der Waals surface area contributed by atoms with Gasteiger partial charge >= 0.3 is 0 Å². The van der Waals surface area contributed by atoms with E-state index in [2.05, 4.69) is 30.6 Å². The first kappa shape index (κ1) is 25.2. The Hall–Kier alpha value is -4.38. The topological polar surface area (TPSA) is 185 Å². The summed E-state index contributed by atoms with van der Waals surface area (Å²) >= 11 is 0. The number of Topliss-reactive ketones (excluding diaryl/α,β-unsaturated/α-hetero) is 1. The van der Waals surface area contributed by atoms with Gasteiger partial charge in [-0.15, -0.1) is 0 Å². The number of anilines is 3. The van der Waals surface area contributed by atoms with Crippen molar-refractivity contribution in [2.45, 2.75) is 26.2 Å². The van der Waals surface area contributed by atoms with Crippen LogP contribution < -0.4 is 22.1 Å². The molecule has 0 bridgehead atoms. The smallest absolute Gasteiger partial charge is 0.269 e. The Balaban J connectivity index is 1.59. The minimum Gasteiger partial charge on any atom is -0.379 e. The number of aromatic nitrogens is 2. The molecule has 0 saturated heterocycles. The lowest BCUT2D eigenvalue weighted by molar-refractivity contribution is -0.110. The predicted octanol–water partition coefficient (Wildman–Crippen LogP) is 3.17. The lowest BCUT2D eigenvalue weighted by Crippen LogP contribution is -2.22. The molecule has 35 heavy (non-hydrogen) atoms. The molecule has 0 aliphatic heterocycles. The number of ketones is 1. The molecule has 3 aromatic rings. The number of carbonyl (C=O) groups is 2. The van der Waals surface area contributed by atoms with Gasteiger partial charge in [0.25, 0.3) is 5.91 Å². The van der Waals surface area contributed by atoms with Crippen molar-refractivity contribution >= 4 is 46.0 Å². The molecule has 1 amide bonds. The van der Waals surface area contributed by atoms with Crippen LogP contribution in [0.4, 0.5) is 22.9 Å². The van der Waals surface area contributed by atoms with Crippen LogP contribution in [0.5, 0.6) is 0 Å². The van der Waals surface area contributed by atoms with Crippen LogP contribution in [0.15, 0.2) is 58.2 Å². The van der Waals surface area contributed by atoms with Gasteiger partial charge in [0.05, 0.1) is 29.3 Å². The van der Waals surface area contributed by atoms with Gasteiger partial charge < -0.3 is 22.1 Å². The molecule has 0 atom stereocenters. The van der Waals surface area contributed by atoms with Gasteiger partial charge in [0.15, 0.2) is 17.3 Å². The van der Waals surface area contributed by atoms with E-state index in [0.717, 1.165) is 6.42 Å². The average molecular weight is 477 g/mol. The van der Waals surface area contributed by atoms with Crippen molar-refractivity contribution in [2.75, 3.05) is 29.5 Å². The van der Waals surface area contributed by atoms with Crippen molar-refractivity contribution in [1.29, 1.82) is 5.41 Å². The Bertz CT molecular complexity index is 1220. The highest BCUT2D eigenvalue weighted by Crippen LogP contribution is 2.25. The summed E-state index contributed by atoms with van der Waals surface area (Å²) in [6.07, 6.45) is 1.84. The molecule has 11 nitrogen and oxygen atoms in total. The molecule has 2 aromatic carbocycles. The number of carbonyl (C=O) groups excluding carboxylic acids is 2. The predicted molar refractivity (Wildman–Crippen MR) is 136 cm³/mol. The Morgan fingerprint density at radius 2 is 1.83 bits per heavy atom. The molecule has 11 heteroatoms. The van der Waals surface area contributed by atoms with Crippen molar-refractivity contribution in [2.24, 2.45) is 10.7 Å². The number of hydrogen-bond acceptors (Lipinski definition) is 10. The highest BCUT2D eigenvalue weighted by Gasteiger charge is 2.13. The number of aliphatic imine (C=N–C) groups is 1. The van der Waals surface area contributed by atoms with Gasteiger partial charge in [-0.25, -0.2) is 9.62 Å². The Labute approximate surface area is 202 Å². The number of nitrogen functional groups attached to an aromatic ring is 1. The molecule has 0 saturated carbocycles. The van der Waals surface area contributed by atoms with Crippen LogP contribution in [0, 0.1) is 5.41 Å². The zero-order valence-corrected chi connectivity index (χ0v) is 19.4. The standard InChI is InChI=1S/C24H28N8O3/c1-15(22-23(27)32-35-31-22)29-20-8-3-2-7-19(20)28-14-21(33)16-9-11-17(12-10-16)30-24(34)18(26)6-4-5-13-25/h2-3,7-12,26,28H,4-6,13-14,25H2,1H3,(H2,27,32)(H,30,34). The molecule has 3 rings (SSSR count). The first-order valence-corrected chi connectivity index (χ1v) is 11.1. The quantitative estimate of drug-likeness (QED) is 0.150. The third kappa shape index (κ3) is 7.05. The number of para-hydroxylation sites is 2. The normalized spacial score (nSPS) is 11.2. The highest BCUT2D eigenvalue weighted by atomic mass is 16.6. The van der Waals surface area contributed by atoms with Gasteiger partial charge in [0, 0.05) is 11.3 Å². The van der Waals surface area contributed by atoms with E-state index < -0.39 is 5.91 Å². The Morgan fingerprint density at radius 3 is 2.51 bits per heavy atom. The molecule has 7 N–H and O–H groups in total. The molecular formula is C24H28N8O3. The third-order valence-corrected chi connectivity index (χ3v) is 5.11. The molecule has 0 unspecified atom stereocenters. The summed E-state index contributed by atoms with van der Waals surface area (Å²) in [6, 6.07) is 13.8. The molecule has 0 aliphatic rings. The molecule has 182 valence electrons. The summed E-state index contributed by atoms with van der Waals surface area (Å²) in [7, 11) is 0. The lowest BCUT2D eigenvalue weighted by atomic mass is 10.1. The Morgan fingerprint density at radius 1 is 1.09 bits per heavy atom. The van der Waals surface area contributed by atoms with E-state index in [4.69, 9.17) is 16.9 Å². The average Bonchev–Trinajstić information content (AvgIpc) is 3.29. The van der Waals surface area contributed by atoms with Crippen molar-refractivity contribution in [3.63, 3.8) is 0 Å². The number of rotatable bonds is 12. The van der Waals surface area contributed by atoms with Crippen LogP contribution in [0.25, 0.3) is 0 Å². The van der Waals surface area contributed by atoms with Gasteiger partial charge in [-0.05, 0) is 79.4 Å². The number of hydrogen-bond donors (Lipinski definition) is 5. The summed E-state index contributed by atoms with van der Waals surface area (Å²) in [4.78, 5) is 29.3. The highest BCUT2D eigenvalue weighted by molar-refractivity contribution is 6.41. The zero-order chi connectivity index (χ0) is 25.2. The van der Waals surface area contributed by atoms with Gasteiger partial charge in [-0.2, -0.15) is 0 Å². The number of benzene rings is 2. The van der Waals surface area contributed by atoms with Crippen LogP contribution >= 0.6 is 0 Å². The summed E-state index contributed by atoms with van der Waals surface area (Å²) in [5.41, 5.74) is 14.3. The molecular weight excluding hydrogens is 448 g/mol. The van der Waals surface area contributed by atoms with Crippen LogP contribution in [-0.2, 0) is 4.79 Å². The number of nitrogens with one attached hydrogen (secondary N) is 3. The van der Waals surface area contributed by atoms with E-state index >= 15 is 0 Å². The van der Waals surface area contributed by atoms with E-state index in [1.807, 2.05) is 18.2 Å². The SMILES string of the molecule is CC(=Nc1ccccc1NCC(=O)c1ccc(NC(=O)C(=N)CCCCN)cc1)c1nonc1N. The summed E-state index contributed by atoms with van der Waals surface area (Å²) in [6.45, 7) is 2.31. The fraction of sp³-hybridized carbons (Fsp3) is 0.250. The van der Waals surface area contributed by atoms with Crippen LogP contribution in [-0.4, -0.2) is 46.5 Å². The van der Waals surface area contributed by atoms with Crippen molar-refractivity contribution in [1.82, 2.24) is 10.3 Å². The van der Waals surface area contributed by atoms with Gasteiger partial charge in [-0.1, -0.05) is 12.1 Å². The molecule has 0 radical (unpaired) electrons. The fourth-order valence-electron chi connectivity index (χ4n) is 3.18. The molecule has 1 aromatic heterocycles. The second kappa shape index (κ2) is 12.2. The molecule has 0 spiro atoms. The lowest BCUT2D eigenvalue weighted by Gasteiger charge is -2.10. The maximum absolute atomic E-state index is 12.7. The van der Waals surface area contributed by atoms with E-state index in [1.54, 1.807) is 37.3 Å². The Kier molecular flexibility index (Phi) is 8.79. The van der Waals surface area contributed by atoms with Crippen molar-refractivity contribution in [3.05, 3.63) is 59.8 Å². The number of nitrogens with zero attached hydrogens (tertiary/aromatic N) is 3. The van der Waals surface area contributed by atoms with E-state index in [9.17, 15) is 9.59 Å². The first-order valence-electron chi connectivity index (χ1n) is 11.1. The monoisotopic (exact) mass is 476 g/mol. The summed E-state index contributed by atoms with van der Waals surface area (Å²) in [5.74, 6) is -0.453. The molecule has 0 aliphatic carbocycles. The number of unbranched alkanes of at least 4 members (excludes halogenated alkanes) is 1. The minimum absolute atomic E-state index is 0.00173. The van der Waals surface area contributed by atoms with Crippen LogP contribution in [0.1, 0.15) is 42.2 Å². The third-order valence-electron chi connectivity index (χ3n) is 5.11. The number of amides is 1. The van der Waals surface area contributed by atoms with E-state index in [0.29, 0.717) is 53.4 Å². The van der Waals surface area contributed by atoms with Crippen molar-refractivity contribution < 1.29 is 14.2 Å². The fourth-order valence-corrected chi connectivity index (χ4v) is 3.18. The maximum Gasteiger partial charge on any atom is 0.269 e. The maximum atomic E-state index is 12.7. The minimum atomic E-state index is -0.460. The van der Waals surface area contributed by atoms with Gasteiger partial charge in [0.2, 0.25) is 0 Å². The summed E-state index contributed by atoms with van der Waals surface area (Å²) < 4.78 is 4.62. The first-order chi connectivity index (χ1) is 16.9. The van der Waals surface area contributed by atoms with Crippen LogP contribution in [0.2, 0.25) is 0 Å².